The second-order valence-corrected chi connectivity index (χ2v) is 9.30. The predicted molar refractivity (Wildman–Crippen MR) is 104 cm³/mol. The van der Waals surface area contributed by atoms with Crippen molar-refractivity contribution in [2.75, 3.05) is 18.9 Å². The SMILES string of the molecule is Cc1cccc(C)c1NC(=O)[C@@H](C)OC(=O)CN(C)S(=O)(=O)c1cccs1. The first-order chi connectivity index (χ1) is 12.6. The Bertz CT molecular complexity index is 903. The maximum absolute atomic E-state index is 12.3. The number of esters is 1. The fourth-order valence-electron chi connectivity index (χ4n) is 2.36. The molecule has 0 bridgehead atoms. The quantitative estimate of drug-likeness (QED) is 0.708. The van der Waals surface area contributed by atoms with Crippen molar-refractivity contribution in [1.29, 1.82) is 0 Å². The van der Waals surface area contributed by atoms with Gasteiger partial charge in [-0.2, -0.15) is 4.31 Å². The molecule has 1 heterocycles. The van der Waals surface area contributed by atoms with Gasteiger partial charge in [-0.05, 0) is 43.3 Å². The van der Waals surface area contributed by atoms with Crippen LogP contribution in [0.15, 0.2) is 39.9 Å². The number of hydrogen-bond donors (Lipinski definition) is 1. The van der Waals surface area contributed by atoms with E-state index in [-0.39, 0.29) is 4.21 Å². The third-order valence-electron chi connectivity index (χ3n) is 3.92. The van der Waals surface area contributed by atoms with Gasteiger partial charge in [-0.15, -0.1) is 11.3 Å². The van der Waals surface area contributed by atoms with E-state index in [2.05, 4.69) is 5.32 Å². The Hall–Kier alpha value is -2.23. The molecule has 0 aliphatic carbocycles. The van der Waals surface area contributed by atoms with Crippen molar-refractivity contribution >= 4 is 38.9 Å². The molecule has 1 N–H and O–H groups in total. The van der Waals surface area contributed by atoms with Gasteiger partial charge >= 0.3 is 5.97 Å². The molecule has 0 fully saturated rings. The monoisotopic (exact) mass is 410 g/mol. The number of carbonyl (C=O) groups is 2. The summed E-state index contributed by atoms with van der Waals surface area (Å²) in [6.07, 6.45) is -1.06. The molecule has 0 radical (unpaired) electrons. The number of carbonyl (C=O) groups excluding carboxylic acids is 2. The average Bonchev–Trinajstić information content (AvgIpc) is 3.13. The number of anilines is 1. The molecule has 0 unspecified atom stereocenters. The van der Waals surface area contributed by atoms with E-state index in [0.29, 0.717) is 5.69 Å². The van der Waals surface area contributed by atoms with E-state index in [0.717, 1.165) is 26.8 Å². The van der Waals surface area contributed by atoms with Gasteiger partial charge in [-0.25, -0.2) is 8.42 Å². The van der Waals surface area contributed by atoms with Gasteiger partial charge in [0.15, 0.2) is 6.10 Å². The van der Waals surface area contributed by atoms with Crippen LogP contribution in [0.3, 0.4) is 0 Å². The van der Waals surface area contributed by atoms with Gasteiger partial charge in [0, 0.05) is 12.7 Å². The van der Waals surface area contributed by atoms with Gasteiger partial charge in [0.05, 0.1) is 0 Å². The minimum absolute atomic E-state index is 0.138. The second-order valence-electron chi connectivity index (χ2n) is 6.08. The van der Waals surface area contributed by atoms with Crippen molar-refractivity contribution in [1.82, 2.24) is 4.31 Å². The van der Waals surface area contributed by atoms with Gasteiger partial charge in [0.2, 0.25) is 0 Å². The van der Waals surface area contributed by atoms with E-state index in [1.54, 1.807) is 11.4 Å². The molecular formula is C18H22N2O5S2. The minimum Gasteiger partial charge on any atom is -0.452 e. The minimum atomic E-state index is -3.76. The number of ether oxygens (including phenoxy) is 1. The number of para-hydroxylation sites is 1. The van der Waals surface area contributed by atoms with E-state index in [4.69, 9.17) is 4.74 Å². The van der Waals surface area contributed by atoms with Crippen molar-refractivity contribution < 1.29 is 22.7 Å². The smallest absolute Gasteiger partial charge is 0.322 e. The van der Waals surface area contributed by atoms with Crippen LogP contribution >= 0.6 is 11.3 Å². The van der Waals surface area contributed by atoms with E-state index in [1.165, 1.54) is 20.0 Å². The normalized spacial score (nSPS) is 12.6. The molecule has 0 aliphatic heterocycles. The van der Waals surface area contributed by atoms with Crippen molar-refractivity contribution in [3.8, 4) is 0 Å². The fourth-order valence-corrected chi connectivity index (χ4v) is 4.67. The zero-order valence-electron chi connectivity index (χ0n) is 15.6. The van der Waals surface area contributed by atoms with Gasteiger partial charge in [0.25, 0.3) is 15.9 Å². The maximum Gasteiger partial charge on any atom is 0.322 e. The summed E-state index contributed by atoms with van der Waals surface area (Å²) < 4.78 is 30.8. The van der Waals surface area contributed by atoms with Crippen LogP contribution in [0.25, 0.3) is 0 Å². The van der Waals surface area contributed by atoms with Crippen LogP contribution in [0.4, 0.5) is 5.69 Å². The topological polar surface area (TPSA) is 92.8 Å². The molecule has 27 heavy (non-hydrogen) atoms. The van der Waals surface area contributed by atoms with E-state index < -0.39 is 34.5 Å². The molecule has 0 spiro atoms. The Morgan fingerprint density at radius 3 is 2.37 bits per heavy atom. The van der Waals surface area contributed by atoms with Crippen molar-refractivity contribution in [2.45, 2.75) is 31.1 Å². The van der Waals surface area contributed by atoms with Crippen LogP contribution in [-0.2, 0) is 24.3 Å². The van der Waals surface area contributed by atoms with Crippen LogP contribution < -0.4 is 5.32 Å². The van der Waals surface area contributed by atoms with Gasteiger partial charge < -0.3 is 10.1 Å². The van der Waals surface area contributed by atoms with Crippen molar-refractivity contribution in [3.63, 3.8) is 0 Å². The number of likely N-dealkylation sites (N-methyl/N-ethyl adjacent to an activating group) is 1. The highest BCUT2D eigenvalue weighted by Crippen LogP contribution is 2.21. The van der Waals surface area contributed by atoms with Crippen LogP contribution in [0.1, 0.15) is 18.1 Å². The number of aryl methyl sites for hydroxylation is 2. The highest BCUT2D eigenvalue weighted by Gasteiger charge is 2.26. The Kier molecular flexibility index (Phi) is 6.74. The third kappa shape index (κ3) is 5.15. The Morgan fingerprint density at radius 1 is 1.19 bits per heavy atom. The largest absolute Gasteiger partial charge is 0.452 e. The molecule has 7 nitrogen and oxygen atoms in total. The molecule has 146 valence electrons. The Morgan fingerprint density at radius 2 is 1.81 bits per heavy atom. The Balaban J connectivity index is 1.96. The Labute approximate surface area is 163 Å². The van der Waals surface area contributed by atoms with Gasteiger partial charge in [0.1, 0.15) is 10.8 Å². The summed E-state index contributed by atoms with van der Waals surface area (Å²) in [4.78, 5) is 24.4. The second kappa shape index (κ2) is 8.64. The summed E-state index contributed by atoms with van der Waals surface area (Å²) in [5.41, 5.74) is 2.45. The standard InChI is InChI=1S/C18H22N2O5S2/c1-12-7-5-8-13(2)17(12)19-18(22)14(3)25-15(21)11-20(4)27(23,24)16-9-6-10-26-16/h5-10,14H,11H2,1-4H3,(H,19,22)/t14-/m1/s1. The summed E-state index contributed by atoms with van der Waals surface area (Å²) >= 11 is 1.06. The molecule has 0 saturated carbocycles. The van der Waals surface area contributed by atoms with Crippen LogP contribution in [-0.4, -0.2) is 44.3 Å². The predicted octanol–water partition coefficient (Wildman–Crippen LogP) is 2.56. The average molecular weight is 411 g/mol. The lowest BCUT2D eigenvalue weighted by Gasteiger charge is -2.18. The number of amides is 1. The molecule has 1 amide bonds. The fraction of sp³-hybridized carbons (Fsp3) is 0.333. The van der Waals surface area contributed by atoms with E-state index >= 15 is 0 Å². The highest BCUT2D eigenvalue weighted by atomic mass is 32.2. The van der Waals surface area contributed by atoms with Crippen molar-refractivity contribution in [2.24, 2.45) is 0 Å². The first-order valence-electron chi connectivity index (χ1n) is 8.19. The molecule has 1 aromatic heterocycles. The number of hydrogen-bond acceptors (Lipinski definition) is 6. The molecule has 1 atom stereocenters. The van der Waals surface area contributed by atoms with E-state index in [1.807, 2.05) is 32.0 Å². The highest BCUT2D eigenvalue weighted by molar-refractivity contribution is 7.91. The summed E-state index contributed by atoms with van der Waals surface area (Å²) in [5.74, 6) is -1.29. The number of rotatable bonds is 7. The molecule has 2 aromatic rings. The number of thiophene rings is 1. The lowest BCUT2D eigenvalue weighted by atomic mass is 10.1. The summed E-state index contributed by atoms with van der Waals surface area (Å²) in [7, 11) is -2.47. The lowest BCUT2D eigenvalue weighted by Crippen LogP contribution is -2.37. The molecule has 0 aliphatic rings. The summed E-state index contributed by atoms with van der Waals surface area (Å²) in [6, 6.07) is 8.69. The number of nitrogens with one attached hydrogen (secondary N) is 1. The first kappa shape index (κ1) is 21.1. The summed E-state index contributed by atoms with van der Waals surface area (Å²) in [5, 5.41) is 4.38. The van der Waals surface area contributed by atoms with Gasteiger partial charge in [-0.1, -0.05) is 24.3 Å². The lowest BCUT2D eigenvalue weighted by molar-refractivity contribution is -0.153. The number of benzene rings is 1. The van der Waals surface area contributed by atoms with Crippen molar-refractivity contribution in [3.05, 3.63) is 46.8 Å². The molecule has 0 saturated heterocycles. The number of nitrogens with zero attached hydrogens (tertiary/aromatic N) is 1. The van der Waals surface area contributed by atoms with Gasteiger partial charge in [-0.3, -0.25) is 9.59 Å². The van der Waals surface area contributed by atoms with E-state index in [9.17, 15) is 18.0 Å². The zero-order valence-corrected chi connectivity index (χ0v) is 17.2. The molecule has 1 aromatic carbocycles. The molecule has 2 rings (SSSR count). The van der Waals surface area contributed by atoms with Crippen LogP contribution in [0.2, 0.25) is 0 Å². The number of sulfonamides is 1. The zero-order chi connectivity index (χ0) is 20.2. The first-order valence-corrected chi connectivity index (χ1v) is 10.5. The van der Waals surface area contributed by atoms with Crippen LogP contribution in [0, 0.1) is 13.8 Å². The molecular weight excluding hydrogens is 388 g/mol. The summed E-state index contributed by atoms with van der Waals surface area (Å²) in [6.45, 7) is 4.68. The third-order valence-corrected chi connectivity index (χ3v) is 7.09. The van der Waals surface area contributed by atoms with Crippen LogP contribution in [0.5, 0.6) is 0 Å². The molecule has 9 heteroatoms. The maximum atomic E-state index is 12.3.